The van der Waals surface area contributed by atoms with Crippen molar-refractivity contribution in [2.24, 2.45) is 4.99 Å². The zero-order valence-electron chi connectivity index (χ0n) is 23.6. The van der Waals surface area contributed by atoms with E-state index in [4.69, 9.17) is 4.42 Å². The molecule has 1 N–H and O–H groups in total. The van der Waals surface area contributed by atoms with Crippen LogP contribution >= 0.6 is 0 Å². The number of nitrogens with zero attached hydrogens (tertiary/aromatic N) is 6. The number of carbonyl (C=O) groups is 1. The molecule has 1 saturated heterocycles. The van der Waals surface area contributed by atoms with Gasteiger partial charge >= 0.3 is 12.2 Å². The first-order valence-corrected chi connectivity index (χ1v) is 14.0. The Morgan fingerprint density at radius 3 is 2.40 bits per heavy atom. The van der Waals surface area contributed by atoms with Gasteiger partial charge in [-0.05, 0) is 64.2 Å². The van der Waals surface area contributed by atoms with E-state index in [1.807, 2.05) is 0 Å². The highest BCUT2D eigenvalue weighted by Crippen LogP contribution is 2.37. The Balaban J connectivity index is 1.34. The second kappa shape index (κ2) is 12.6. The standard InChI is InChI=1S/C29H30F5N7O2/c1-16-23(27-40-39-26(43-27)19-6-3-4-9-22(29(32,33)34)35-13-10-19)24(37-17(2)36-16)18-11-14-41(15-12-18)28(42)38-25-20(30)7-5-8-21(25)31/h5,7-8,10,13,18,22H,3-4,6,9,11-12,14-15H2,1-2H3,(H,38,42)/b19-10+,35-13?. The van der Waals surface area contributed by atoms with E-state index in [0.29, 0.717) is 73.5 Å². The summed E-state index contributed by atoms with van der Waals surface area (Å²) in [7, 11) is 0. The van der Waals surface area contributed by atoms with Gasteiger partial charge < -0.3 is 14.6 Å². The molecular weight excluding hydrogens is 573 g/mol. The average molecular weight is 604 g/mol. The summed E-state index contributed by atoms with van der Waals surface area (Å²) in [5, 5.41) is 10.7. The number of halogens is 5. The van der Waals surface area contributed by atoms with Crippen LogP contribution in [0.3, 0.4) is 0 Å². The molecule has 0 saturated carbocycles. The average Bonchev–Trinajstić information content (AvgIpc) is 3.47. The number of rotatable bonds is 4. The van der Waals surface area contributed by atoms with Gasteiger partial charge in [-0.1, -0.05) is 12.5 Å². The van der Waals surface area contributed by atoms with Crippen LogP contribution in [0.4, 0.5) is 32.4 Å². The topological polar surface area (TPSA) is 109 Å². The third kappa shape index (κ3) is 6.89. The number of aliphatic imine (C=N–C) groups is 1. The largest absolute Gasteiger partial charge is 0.416 e. The van der Waals surface area contributed by atoms with Crippen LogP contribution in [0.2, 0.25) is 0 Å². The third-order valence-electron chi connectivity index (χ3n) is 7.60. The maximum Gasteiger partial charge on any atom is 0.410 e. The molecule has 3 aromatic rings. The highest BCUT2D eigenvalue weighted by Gasteiger charge is 2.38. The molecule has 0 spiro atoms. The smallest absolute Gasteiger partial charge is 0.410 e. The zero-order valence-corrected chi connectivity index (χ0v) is 23.6. The summed E-state index contributed by atoms with van der Waals surface area (Å²) in [4.78, 5) is 27.1. The second-order valence-corrected chi connectivity index (χ2v) is 10.6. The lowest BCUT2D eigenvalue weighted by atomic mass is 9.90. The van der Waals surface area contributed by atoms with E-state index in [0.717, 1.165) is 18.3 Å². The predicted molar refractivity (Wildman–Crippen MR) is 149 cm³/mol. The van der Waals surface area contributed by atoms with E-state index in [-0.39, 0.29) is 24.1 Å². The van der Waals surface area contributed by atoms with E-state index < -0.39 is 35.6 Å². The molecule has 2 amide bonds. The fourth-order valence-electron chi connectivity index (χ4n) is 5.39. The maximum absolute atomic E-state index is 14.0. The van der Waals surface area contributed by atoms with Gasteiger partial charge in [0.1, 0.15) is 29.2 Å². The minimum absolute atomic E-state index is 0.0834. The summed E-state index contributed by atoms with van der Waals surface area (Å²) >= 11 is 0. The van der Waals surface area contributed by atoms with Crippen LogP contribution in [-0.4, -0.2) is 62.6 Å². The van der Waals surface area contributed by atoms with E-state index in [2.05, 4.69) is 30.5 Å². The molecule has 0 aliphatic carbocycles. The lowest BCUT2D eigenvalue weighted by Crippen LogP contribution is -2.41. The fourth-order valence-corrected chi connectivity index (χ4v) is 5.39. The Bertz CT molecular complexity index is 1520. The lowest BCUT2D eigenvalue weighted by Gasteiger charge is -2.32. The number of aromatic nitrogens is 4. The first kappa shape index (κ1) is 30.2. The molecule has 2 aliphatic rings. The van der Waals surface area contributed by atoms with Gasteiger partial charge in [-0.3, -0.25) is 4.99 Å². The van der Waals surface area contributed by atoms with Crippen molar-refractivity contribution in [3.8, 4) is 11.5 Å². The van der Waals surface area contributed by atoms with Crippen molar-refractivity contribution in [3.05, 3.63) is 59.0 Å². The van der Waals surface area contributed by atoms with Crippen LogP contribution < -0.4 is 5.32 Å². The number of piperidine rings is 1. The molecule has 2 aromatic heterocycles. The van der Waals surface area contributed by atoms with Gasteiger partial charge in [-0.2, -0.15) is 13.2 Å². The number of hydrogen-bond acceptors (Lipinski definition) is 7. The molecule has 1 aromatic carbocycles. The molecule has 9 nitrogen and oxygen atoms in total. The molecule has 5 rings (SSSR count). The number of likely N-dealkylation sites (tertiary alicyclic amines) is 1. The Hall–Kier alpha value is -4.23. The molecule has 2 aliphatic heterocycles. The van der Waals surface area contributed by atoms with Crippen LogP contribution in [0.25, 0.3) is 17.0 Å². The number of benzene rings is 1. The maximum atomic E-state index is 14.0. The van der Waals surface area contributed by atoms with Crippen molar-refractivity contribution in [1.29, 1.82) is 0 Å². The number of para-hydroxylation sites is 1. The molecular formula is C29H30F5N7O2. The van der Waals surface area contributed by atoms with E-state index in [1.165, 1.54) is 17.0 Å². The minimum Gasteiger partial charge on any atom is -0.416 e. The molecule has 43 heavy (non-hydrogen) atoms. The Labute approximate surface area is 244 Å². The predicted octanol–water partition coefficient (Wildman–Crippen LogP) is 6.79. The number of amides is 2. The minimum atomic E-state index is -4.40. The molecule has 4 heterocycles. The van der Waals surface area contributed by atoms with Crippen molar-refractivity contribution in [1.82, 2.24) is 25.1 Å². The van der Waals surface area contributed by atoms with Gasteiger partial charge in [0.2, 0.25) is 5.89 Å². The summed E-state index contributed by atoms with van der Waals surface area (Å²) in [5.41, 5.74) is 1.95. The number of hydrogen-bond donors (Lipinski definition) is 1. The van der Waals surface area contributed by atoms with E-state index in [9.17, 15) is 26.7 Å². The van der Waals surface area contributed by atoms with Gasteiger partial charge in [-0.15, -0.1) is 10.2 Å². The number of anilines is 1. The van der Waals surface area contributed by atoms with Crippen LogP contribution in [0.5, 0.6) is 0 Å². The molecule has 0 bridgehead atoms. The number of allylic oxidation sites excluding steroid dienone is 2. The summed E-state index contributed by atoms with van der Waals surface area (Å²) < 4.78 is 73.7. The monoisotopic (exact) mass is 603 g/mol. The molecule has 228 valence electrons. The lowest BCUT2D eigenvalue weighted by molar-refractivity contribution is -0.148. The summed E-state index contributed by atoms with van der Waals surface area (Å²) in [6.45, 7) is 4.19. The van der Waals surface area contributed by atoms with Crippen LogP contribution in [-0.2, 0) is 0 Å². The number of alkyl halides is 3. The molecule has 14 heteroatoms. The fraction of sp³-hybridized carbons (Fsp3) is 0.448. The van der Waals surface area contributed by atoms with Crippen molar-refractivity contribution in [3.63, 3.8) is 0 Å². The third-order valence-corrected chi connectivity index (χ3v) is 7.60. The number of nitrogens with one attached hydrogen (secondary N) is 1. The SMILES string of the molecule is Cc1nc(C)c(-c2nnc(/C3=C/C=NC(C(F)(F)F)CCCC3)o2)c(C2CCN(C(=O)Nc3c(F)cccc3F)CC2)n1. The summed E-state index contributed by atoms with van der Waals surface area (Å²) in [5.74, 6) is -0.908. The van der Waals surface area contributed by atoms with E-state index in [1.54, 1.807) is 13.8 Å². The molecule has 0 radical (unpaired) electrons. The Kier molecular flexibility index (Phi) is 8.83. The summed E-state index contributed by atoms with van der Waals surface area (Å²) in [6, 6.07) is 1.02. The quantitative estimate of drug-likeness (QED) is 0.329. The van der Waals surface area contributed by atoms with Gasteiger partial charge in [-0.25, -0.2) is 23.5 Å². The first-order valence-electron chi connectivity index (χ1n) is 14.0. The number of urea groups is 1. The highest BCUT2D eigenvalue weighted by atomic mass is 19.4. The van der Waals surface area contributed by atoms with Gasteiger partial charge in [0.15, 0.2) is 0 Å². The van der Waals surface area contributed by atoms with Crippen molar-refractivity contribution < 1.29 is 31.2 Å². The van der Waals surface area contributed by atoms with Crippen molar-refractivity contribution >= 4 is 23.5 Å². The van der Waals surface area contributed by atoms with Gasteiger partial charge in [0, 0.05) is 30.8 Å². The molecule has 1 fully saturated rings. The molecule has 1 atom stereocenters. The van der Waals surface area contributed by atoms with Crippen LogP contribution in [0, 0.1) is 25.5 Å². The second-order valence-electron chi connectivity index (χ2n) is 10.6. The zero-order chi connectivity index (χ0) is 30.7. The van der Waals surface area contributed by atoms with Gasteiger partial charge in [0.05, 0.1) is 17.0 Å². The van der Waals surface area contributed by atoms with Crippen LogP contribution in [0.1, 0.15) is 67.5 Å². The number of carbonyl (C=O) groups excluding carboxylic acids is 1. The van der Waals surface area contributed by atoms with Crippen LogP contribution in [0.15, 0.2) is 33.7 Å². The van der Waals surface area contributed by atoms with E-state index >= 15 is 0 Å². The molecule has 1 unspecified atom stereocenters. The first-order chi connectivity index (χ1) is 20.5. The summed E-state index contributed by atoms with van der Waals surface area (Å²) in [6.07, 6.45) is 0.481. The highest BCUT2D eigenvalue weighted by molar-refractivity contribution is 5.89. The number of aryl methyl sites for hydroxylation is 2. The Morgan fingerprint density at radius 2 is 1.70 bits per heavy atom. The normalized spacial score (nSPS) is 19.7. The van der Waals surface area contributed by atoms with Crippen molar-refractivity contribution in [2.45, 2.75) is 70.5 Å². The van der Waals surface area contributed by atoms with Crippen molar-refractivity contribution in [2.75, 3.05) is 18.4 Å². The Morgan fingerprint density at radius 1 is 1.00 bits per heavy atom. The van der Waals surface area contributed by atoms with Gasteiger partial charge in [0.25, 0.3) is 5.89 Å².